The largest absolute Gasteiger partial charge is 0.416 e. The van der Waals surface area contributed by atoms with Crippen molar-refractivity contribution in [1.82, 2.24) is 20.2 Å². The first kappa shape index (κ1) is 19.0. The third kappa shape index (κ3) is 4.51. The summed E-state index contributed by atoms with van der Waals surface area (Å²) < 4.78 is 39.3. The van der Waals surface area contributed by atoms with Crippen molar-refractivity contribution >= 4 is 27.5 Å². The van der Waals surface area contributed by atoms with Crippen LogP contribution in [0, 0.1) is 0 Å². The topological polar surface area (TPSA) is 72.7 Å². The third-order valence-electron chi connectivity index (χ3n) is 3.69. The summed E-state index contributed by atoms with van der Waals surface area (Å²) in [4.78, 5) is 13.4. The number of hydrogen-bond acceptors (Lipinski definition) is 4. The van der Waals surface area contributed by atoms with E-state index in [0.29, 0.717) is 5.69 Å². The number of halogens is 4. The zero-order valence-corrected chi connectivity index (χ0v) is 15.5. The van der Waals surface area contributed by atoms with Gasteiger partial charge >= 0.3 is 6.18 Å². The lowest BCUT2D eigenvalue weighted by atomic mass is 10.1. The van der Waals surface area contributed by atoms with E-state index >= 15 is 0 Å². The Morgan fingerprint density at radius 2 is 1.93 bits per heavy atom. The molecule has 0 saturated carbocycles. The molecule has 1 unspecified atom stereocenters. The van der Waals surface area contributed by atoms with E-state index in [1.165, 1.54) is 12.1 Å². The summed E-state index contributed by atoms with van der Waals surface area (Å²) in [7, 11) is 0. The minimum atomic E-state index is -4.47. The highest BCUT2D eigenvalue weighted by Gasteiger charge is 2.31. The maximum Gasteiger partial charge on any atom is 0.416 e. The Labute approximate surface area is 160 Å². The second-order valence-electron chi connectivity index (χ2n) is 5.69. The van der Waals surface area contributed by atoms with Gasteiger partial charge in [0.05, 0.1) is 5.56 Å². The van der Waals surface area contributed by atoms with Crippen LogP contribution >= 0.6 is 15.9 Å². The lowest BCUT2D eigenvalue weighted by Gasteiger charge is -2.11. The van der Waals surface area contributed by atoms with Crippen LogP contribution < -0.4 is 5.32 Å². The Morgan fingerprint density at radius 1 is 1.19 bits per heavy atom. The fourth-order valence-corrected chi connectivity index (χ4v) is 2.66. The molecule has 0 aliphatic heterocycles. The number of benzene rings is 2. The highest BCUT2D eigenvalue weighted by atomic mass is 79.9. The Kier molecular flexibility index (Phi) is 5.26. The lowest BCUT2D eigenvalue weighted by Crippen LogP contribution is -2.25. The van der Waals surface area contributed by atoms with Crippen molar-refractivity contribution in [2.75, 3.05) is 5.32 Å². The highest BCUT2D eigenvalue weighted by Crippen LogP contribution is 2.31. The minimum absolute atomic E-state index is 0.00297. The van der Waals surface area contributed by atoms with E-state index < -0.39 is 17.8 Å². The summed E-state index contributed by atoms with van der Waals surface area (Å²) in [5.41, 5.74) is -0.0630. The maximum absolute atomic E-state index is 12.8. The summed E-state index contributed by atoms with van der Waals surface area (Å²) in [6, 6.07) is 10.8. The number of tetrazole rings is 1. The number of aromatic nitrogens is 4. The fourth-order valence-electron chi connectivity index (χ4n) is 2.26. The smallest absolute Gasteiger partial charge is 0.324 e. The Balaban J connectivity index is 1.78. The Bertz CT molecular complexity index is 973. The third-order valence-corrected chi connectivity index (χ3v) is 4.19. The quantitative estimate of drug-likeness (QED) is 0.656. The van der Waals surface area contributed by atoms with Crippen LogP contribution in [-0.4, -0.2) is 26.1 Å². The molecule has 27 heavy (non-hydrogen) atoms. The Hall–Kier alpha value is -2.75. The highest BCUT2D eigenvalue weighted by molar-refractivity contribution is 9.10. The fraction of sp³-hybridized carbons (Fsp3) is 0.176. The molecule has 0 bridgehead atoms. The van der Waals surface area contributed by atoms with Crippen molar-refractivity contribution in [2.45, 2.75) is 19.1 Å². The van der Waals surface area contributed by atoms with Gasteiger partial charge in [0.15, 0.2) is 0 Å². The molecule has 1 aromatic heterocycles. The summed E-state index contributed by atoms with van der Waals surface area (Å²) in [5.74, 6) is -0.385. The molecule has 0 radical (unpaired) electrons. The van der Waals surface area contributed by atoms with Crippen molar-refractivity contribution in [3.8, 4) is 11.4 Å². The van der Waals surface area contributed by atoms with Crippen molar-refractivity contribution < 1.29 is 18.0 Å². The molecule has 0 aliphatic rings. The molecule has 10 heteroatoms. The minimum Gasteiger partial charge on any atom is -0.324 e. The number of nitrogens with zero attached hydrogens (tertiary/aromatic N) is 4. The van der Waals surface area contributed by atoms with Gasteiger partial charge in [-0.2, -0.15) is 18.0 Å². The van der Waals surface area contributed by atoms with Crippen molar-refractivity contribution in [3.63, 3.8) is 0 Å². The molecule has 0 saturated heterocycles. The molecule has 140 valence electrons. The molecule has 0 fully saturated rings. The first-order chi connectivity index (χ1) is 12.7. The maximum atomic E-state index is 12.8. The number of hydrogen-bond donors (Lipinski definition) is 1. The van der Waals surface area contributed by atoms with Crippen LogP contribution in [0.4, 0.5) is 18.9 Å². The molecular formula is C17H13BrF3N5O. The van der Waals surface area contributed by atoms with Gasteiger partial charge < -0.3 is 5.32 Å². The lowest BCUT2D eigenvalue weighted by molar-refractivity contribution is -0.137. The van der Waals surface area contributed by atoms with Gasteiger partial charge in [-0.1, -0.05) is 34.1 Å². The van der Waals surface area contributed by atoms with Crippen LogP contribution in [0.15, 0.2) is 53.0 Å². The molecule has 3 rings (SSSR count). The summed E-state index contributed by atoms with van der Waals surface area (Å²) >= 11 is 3.31. The van der Waals surface area contributed by atoms with Crippen LogP contribution in [0.1, 0.15) is 18.5 Å². The van der Waals surface area contributed by atoms with Crippen LogP contribution in [-0.2, 0) is 11.0 Å². The number of amides is 1. The molecule has 0 spiro atoms. The number of carbonyl (C=O) groups is 1. The predicted molar refractivity (Wildman–Crippen MR) is 95.7 cm³/mol. The van der Waals surface area contributed by atoms with Crippen molar-refractivity contribution in [3.05, 3.63) is 58.6 Å². The zero-order chi connectivity index (χ0) is 19.6. The summed E-state index contributed by atoms with van der Waals surface area (Å²) in [5, 5.41) is 14.3. The van der Waals surface area contributed by atoms with Crippen LogP contribution in [0.3, 0.4) is 0 Å². The van der Waals surface area contributed by atoms with E-state index in [2.05, 4.69) is 36.7 Å². The average Bonchev–Trinajstić information content (AvgIpc) is 3.10. The molecule has 1 heterocycles. The molecule has 1 atom stereocenters. The first-order valence-corrected chi connectivity index (χ1v) is 8.57. The number of nitrogens with one attached hydrogen (secondary N) is 1. The van der Waals surface area contributed by atoms with Crippen LogP contribution in [0.25, 0.3) is 11.4 Å². The number of rotatable bonds is 4. The first-order valence-electron chi connectivity index (χ1n) is 7.77. The van der Waals surface area contributed by atoms with Gasteiger partial charge in [0, 0.05) is 15.7 Å². The van der Waals surface area contributed by atoms with E-state index in [9.17, 15) is 18.0 Å². The van der Waals surface area contributed by atoms with Gasteiger partial charge in [0.25, 0.3) is 5.91 Å². The zero-order valence-electron chi connectivity index (χ0n) is 13.9. The predicted octanol–water partition coefficient (Wildman–Crippen LogP) is 4.32. The second-order valence-corrected chi connectivity index (χ2v) is 6.60. The van der Waals surface area contributed by atoms with Gasteiger partial charge in [0.2, 0.25) is 5.82 Å². The van der Waals surface area contributed by atoms with E-state index in [1.54, 1.807) is 25.1 Å². The van der Waals surface area contributed by atoms with E-state index in [0.717, 1.165) is 21.4 Å². The van der Waals surface area contributed by atoms with Crippen LogP contribution in [0.5, 0.6) is 0 Å². The molecule has 1 N–H and O–H groups in total. The SMILES string of the molecule is CC(C(=O)Nc1cccc(Br)c1)n1nnc(-c2cccc(C(F)(F)F)c2)n1. The molecule has 1 amide bonds. The molecule has 3 aromatic rings. The number of alkyl halides is 3. The van der Waals surface area contributed by atoms with Gasteiger partial charge in [0.1, 0.15) is 6.04 Å². The van der Waals surface area contributed by atoms with Gasteiger partial charge in [-0.3, -0.25) is 4.79 Å². The van der Waals surface area contributed by atoms with Gasteiger partial charge in [-0.15, -0.1) is 10.2 Å². The van der Waals surface area contributed by atoms with Gasteiger partial charge in [-0.05, 0) is 42.5 Å². The standard InChI is InChI=1S/C17H13BrF3N5O/c1-10(16(27)22-14-7-3-6-13(18)9-14)26-24-15(23-25-26)11-4-2-5-12(8-11)17(19,20)21/h2-10H,1H3,(H,22,27). The second kappa shape index (κ2) is 7.47. The molecular weight excluding hydrogens is 427 g/mol. The molecule has 6 nitrogen and oxygen atoms in total. The average molecular weight is 440 g/mol. The number of anilines is 1. The summed E-state index contributed by atoms with van der Waals surface area (Å²) in [6.45, 7) is 1.56. The summed E-state index contributed by atoms with van der Waals surface area (Å²) in [6.07, 6.45) is -4.47. The normalized spacial score (nSPS) is 12.6. The van der Waals surface area contributed by atoms with E-state index in [1.807, 2.05) is 6.07 Å². The van der Waals surface area contributed by atoms with Gasteiger partial charge in [-0.25, -0.2) is 0 Å². The van der Waals surface area contributed by atoms with E-state index in [4.69, 9.17) is 0 Å². The van der Waals surface area contributed by atoms with Crippen molar-refractivity contribution in [2.24, 2.45) is 0 Å². The molecule has 0 aliphatic carbocycles. The monoisotopic (exact) mass is 439 g/mol. The Morgan fingerprint density at radius 3 is 2.63 bits per heavy atom. The van der Waals surface area contributed by atoms with Crippen molar-refractivity contribution in [1.29, 1.82) is 0 Å². The van der Waals surface area contributed by atoms with Crippen LogP contribution in [0.2, 0.25) is 0 Å². The van der Waals surface area contributed by atoms with E-state index in [-0.39, 0.29) is 17.3 Å². The number of carbonyl (C=O) groups excluding carboxylic acids is 1. The molecule has 2 aromatic carbocycles.